The van der Waals surface area contributed by atoms with E-state index in [-0.39, 0.29) is 88.6 Å². The number of hydrogen-bond donors (Lipinski definition) is 0. The average molecular weight is 1090 g/mol. The first-order chi connectivity index (χ1) is 37.9. The molecule has 0 saturated carbocycles. The van der Waals surface area contributed by atoms with Crippen molar-refractivity contribution in [2.45, 2.75) is 41.5 Å². The largest absolute Gasteiger partial charge is 0.490 e. The van der Waals surface area contributed by atoms with Crippen molar-refractivity contribution in [3.05, 3.63) is 206 Å². The van der Waals surface area contributed by atoms with Gasteiger partial charge in [-0.05, 0) is 135 Å². The molecule has 0 heterocycles. The van der Waals surface area contributed by atoms with Crippen LogP contribution in [-0.4, -0.2) is 62.2 Å². The van der Waals surface area contributed by atoms with Crippen molar-refractivity contribution in [1.82, 2.24) is 0 Å². The second kappa shape index (κ2) is 28.4. The van der Waals surface area contributed by atoms with Crippen molar-refractivity contribution >= 4 is 35.8 Å². The summed E-state index contributed by atoms with van der Waals surface area (Å²) in [6.07, 6.45) is 0. The van der Waals surface area contributed by atoms with Gasteiger partial charge in [0.1, 0.15) is 61.0 Å². The van der Waals surface area contributed by atoms with Crippen molar-refractivity contribution in [1.29, 1.82) is 0 Å². The van der Waals surface area contributed by atoms with Crippen molar-refractivity contribution in [3.63, 3.8) is 0 Å². The molecule has 0 bridgehead atoms. The Hall–Kier alpha value is -9.96. The Morgan fingerprint density at radius 2 is 0.650 bits per heavy atom. The molecule has 0 aliphatic rings. The van der Waals surface area contributed by atoms with E-state index in [0.717, 1.165) is 16.7 Å². The van der Waals surface area contributed by atoms with Gasteiger partial charge in [-0.2, -0.15) is 0 Å². The van der Waals surface area contributed by atoms with Gasteiger partial charge in [0.25, 0.3) is 0 Å². The van der Waals surface area contributed by atoms with Gasteiger partial charge in [-0.1, -0.05) is 94.1 Å². The lowest BCUT2D eigenvalue weighted by atomic mass is 9.99. The lowest BCUT2D eigenvalue weighted by Crippen LogP contribution is -2.12. The van der Waals surface area contributed by atoms with E-state index in [1.807, 2.05) is 0 Å². The van der Waals surface area contributed by atoms with Crippen LogP contribution >= 0.6 is 0 Å². The van der Waals surface area contributed by atoms with Crippen LogP contribution in [0.5, 0.6) is 34.5 Å². The van der Waals surface area contributed by atoms with E-state index >= 15 is 4.39 Å². The molecule has 0 saturated heterocycles. The lowest BCUT2D eigenvalue weighted by Gasteiger charge is -2.12. The van der Waals surface area contributed by atoms with Crippen LogP contribution in [0, 0.1) is 11.6 Å². The molecular weight excluding hydrogens is 1030 g/mol. The van der Waals surface area contributed by atoms with Crippen LogP contribution in [0.1, 0.15) is 41.5 Å². The maximum atomic E-state index is 15.4. The maximum absolute atomic E-state index is 15.4. The fourth-order valence-corrected chi connectivity index (χ4v) is 6.63. The number of rotatable bonds is 22. The van der Waals surface area contributed by atoms with Gasteiger partial charge < -0.3 is 37.9 Å². The Morgan fingerprint density at radius 1 is 0.325 bits per heavy atom. The Morgan fingerprint density at radius 3 is 1.02 bits per heavy atom. The second-order valence-corrected chi connectivity index (χ2v) is 18.0. The molecule has 0 fully saturated rings. The highest BCUT2D eigenvalue weighted by molar-refractivity contribution is 5.92. The highest BCUT2D eigenvalue weighted by Crippen LogP contribution is 2.36. The SMILES string of the molecule is C=C(C)C(=O)OCCOc1ccc(-c2ccc(-c3cc(OC(=O)C(=C)C)cc(OC(=O)C(=C)C)c3)c(F)c2)cc1.C=C(C)C(=O)OCCOc1ccc(-c2ccc(-c3cc(OC(=O)C(=C)C)cc(OC(=O)C(=C)C)c3)cc2)cc1F. The summed E-state index contributed by atoms with van der Waals surface area (Å²) in [7, 11) is 0. The van der Waals surface area contributed by atoms with Crippen molar-refractivity contribution in [3.8, 4) is 79.0 Å². The van der Waals surface area contributed by atoms with E-state index in [0.29, 0.717) is 33.6 Å². The zero-order valence-electron chi connectivity index (χ0n) is 45.1. The molecule has 6 aromatic carbocycles. The fourth-order valence-electron chi connectivity index (χ4n) is 6.63. The molecule has 0 aromatic heterocycles. The van der Waals surface area contributed by atoms with Crippen LogP contribution in [0.15, 0.2) is 194 Å². The molecule has 0 aliphatic heterocycles. The van der Waals surface area contributed by atoms with Gasteiger partial charge in [0.2, 0.25) is 0 Å². The summed E-state index contributed by atoms with van der Waals surface area (Å²) in [6.45, 7) is 30.6. The molecule has 6 rings (SSSR count). The molecule has 0 spiro atoms. The smallest absolute Gasteiger partial charge is 0.338 e. The third-order valence-electron chi connectivity index (χ3n) is 10.8. The molecule has 6 aromatic rings. The van der Waals surface area contributed by atoms with Crippen LogP contribution < -0.4 is 28.4 Å². The van der Waals surface area contributed by atoms with Crippen LogP contribution in [0.4, 0.5) is 8.78 Å². The minimum absolute atomic E-state index is 0.00556. The first-order valence-corrected chi connectivity index (χ1v) is 24.4. The summed E-state index contributed by atoms with van der Waals surface area (Å²) in [5, 5.41) is 0. The molecule has 0 radical (unpaired) electrons. The maximum Gasteiger partial charge on any atom is 0.338 e. The topological polar surface area (TPSA) is 176 Å². The molecule has 0 amide bonds. The van der Waals surface area contributed by atoms with E-state index in [1.165, 1.54) is 77.1 Å². The van der Waals surface area contributed by atoms with E-state index in [4.69, 9.17) is 37.9 Å². The third-order valence-corrected chi connectivity index (χ3v) is 10.8. The van der Waals surface area contributed by atoms with Crippen molar-refractivity contribution in [2.24, 2.45) is 0 Å². The van der Waals surface area contributed by atoms with Gasteiger partial charge in [-0.25, -0.2) is 37.5 Å². The Kier molecular flexibility index (Phi) is 21.6. The summed E-state index contributed by atoms with van der Waals surface area (Å²) in [4.78, 5) is 71.1. The van der Waals surface area contributed by atoms with E-state index < -0.39 is 47.5 Å². The molecule has 16 heteroatoms. The number of hydrogen-bond acceptors (Lipinski definition) is 14. The Labute approximate surface area is 462 Å². The minimum Gasteiger partial charge on any atom is -0.490 e. The summed E-state index contributed by atoms with van der Waals surface area (Å²) in [5.74, 6) is -3.66. The highest BCUT2D eigenvalue weighted by atomic mass is 19.1. The molecule has 14 nitrogen and oxygen atoms in total. The molecule has 0 atom stereocenters. The van der Waals surface area contributed by atoms with Gasteiger partial charge >= 0.3 is 35.8 Å². The van der Waals surface area contributed by atoms with Gasteiger partial charge in [0.05, 0.1) is 0 Å². The molecule has 412 valence electrons. The standard InChI is InChI=1S/2C32H29FO7/c1-19(2)30(34)38-14-13-37-25-10-7-22(8-11-25)23-9-12-28(29(33)17-23)24-15-26(39-31(35)20(3)4)18-27(16-24)40-32(36)21(5)6;1-19(2)30(34)38-14-13-37-29-12-11-24(17-28(29)33)22-7-9-23(10-8-22)25-15-26(39-31(35)20(3)4)18-27(16-25)40-32(36)21(5)6/h2*7-12,15-18H,1,3,5,13-14H2,2,4,6H3. The number of esters is 6. The first-order valence-electron chi connectivity index (χ1n) is 24.4. The first kappa shape index (κ1) is 60.9. The van der Waals surface area contributed by atoms with Gasteiger partial charge in [-0.15, -0.1) is 0 Å². The number of benzene rings is 6. The van der Waals surface area contributed by atoms with Crippen molar-refractivity contribution < 1.29 is 75.4 Å². The summed E-state index contributed by atoms with van der Waals surface area (Å²) >= 11 is 0. The minimum atomic E-state index is -0.676. The fraction of sp³-hybridized carbons (Fsp3) is 0.156. The van der Waals surface area contributed by atoms with Crippen LogP contribution in [0.25, 0.3) is 44.5 Å². The zero-order chi connectivity index (χ0) is 58.8. The molecule has 80 heavy (non-hydrogen) atoms. The monoisotopic (exact) mass is 1090 g/mol. The van der Waals surface area contributed by atoms with E-state index in [9.17, 15) is 33.2 Å². The number of ether oxygens (including phenoxy) is 8. The molecule has 0 unspecified atom stereocenters. The average Bonchev–Trinajstić information content (AvgIpc) is 3.41. The number of carbonyl (C=O) groups is 6. The molecular formula is C64H58F2O14. The Balaban J connectivity index is 0.000000294. The van der Waals surface area contributed by atoms with Crippen LogP contribution in [0.3, 0.4) is 0 Å². The van der Waals surface area contributed by atoms with Gasteiger partial charge in [0, 0.05) is 51.1 Å². The van der Waals surface area contributed by atoms with E-state index in [2.05, 4.69) is 39.5 Å². The summed E-state index contributed by atoms with van der Waals surface area (Å²) in [5.41, 5.74) is 5.94. The summed E-state index contributed by atoms with van der Waals surface area (Å²) in [6, 6.07) is 32.4. The number of halogens is 2. The second-order valence-electron chi connectivity index (χ2n) is 18.0. The zero-order valence-corrected chi connectivity index (χ0v) is 45.1. The predicted octanol–water partition coefficient (Wildman–Crippen LogP) is 13.2. The van der Waals surface area contributed by atoms with Crippen LogP contribution in [0.2, 0.25) is 0 Å². The van der Waals surface area contributed by atoms with E-state index in [1.54, 1.807) is 85.8 Å². The third kappa shape index (κ3) is 18.1. The lowest BCUT2D eigenvalue weighted by molar-refractivity contribution is -0.140. The predicted molar refractivity (Wildman–Crippen MR) is 299 cm³/mol. The Bertz CT molecular complexity index is 3330. The van der Waals surface area contributed by atoms with Gasteiger partial charge in [0.15, 0.2) is 11.6 Å². The molecule has 0 N–H and O–H groups in total. The van der Waals surface area contributed by atoms with Crippen LogP contribution in [-0.2, 0) is 38.2 Å². The van der Waals surface area contributed by atoms with Crippen molar-refractivity contribution in [2.75, 3.05) is 26.4 Å². The quantitative estimate of drug-likeness (QED) is 0.0271. The highest BCUT2D eigenvalue weighted by Gasteiger charge is 2.18. The normalized spacial score (nSPS) is 10.3. The number of carbonyl (C=O) groups excluding carboxylic acids is 6. The van der Waals surface area contributed by atoms with Gasteiger partial charge in [-0.3, -0.25) is 0 Å². The summed E-state index contributed by atoms with van der Waals surface area (Å²) < 4.78 is 72.2. The molecule has 0 aliphatic carbocycles.